The molecule has 1 saturated carbocycles. The average molecular weight is 280 g/mol. The zero-order valence-corrected chi connectivity index (χ0v) is 12.8. The maximum Gasteiger partial charge on any atom is 0.241 e. The van der Waals surface area contributed by atoms with Gasteiger partial charge in [0.05, 0.1) is 24.4 Å². The fourth-order valence-corrected chi connectivity index (χ4v) is 4.26. The van der Waals surface area contributed by atoms with Gasteiger partial charge in [-0.2, -0.15) is 0 Å². The molecule has 1 N–H and O–H groups in total. The standard InChI is InChI=1S/C16H28N2O2/c1-3-6-13-16(19)18(14-9-10-20-11(14)2)15(17-13)12-7-4-5-8-12/h11-15,17H,3-10H2,1-2H3. The minimum Gasteiger partial charge on any atom is -0.376 e. The second-order valence-corrected chi connectivity index (χ2v) is 6.67. The van der Waals surface area contributed by atoms with Crippen LogP contribution < -0.4 is 5.32 Å². The number of nitrogens with zero attached hydrogens (tertiary/aromatic N) is 1. The highest BCUT2D eigenvalue weighted by atomic mass is 16.5. The molecular formula is C16H28N2O2. The third kappa shape index (κ3) is 2.48. The van der Waals surface area contributed by atoms with Crippen molar-refractivity contribution >= 4 is 5.91 Å². The number of hydrogen-bond donors (Lipinski definition) is 1. The molecule has 4 unspecified atom stereocenters. The van der Waals surface area contributed by atoms with E-state index in [1.54, 1.807) is 0 Å². The van der Waals surface area contributed by atoms with Gasteiger partial charge in [-0.15, -0.1) is 0 Å². The van der Waals surface area contributed by atoms with Crippen LogP contribution in [0.3, 0.4) is 0 Å². The molecule has 3 aliphatic rings. The number of hydrogen-bond acceptors (Lipinski definition) is 3. The highest BCUT2D eigenvalue weighted by Crippen LogP contribution is 2.35. The first-order valence-electron chi connectivity index (χ1n) is 8.42. The van der Waals surface area contributed by atoms with E-state index in [0.717, 1.165) is 25.9 Å². The number of rotatable bonds is 4. The van der Waals surface area contributed by atoms with Crippen molar-refractivity contribution in [2.24, 2.45) is 5.92 Å². The van der Waals surface area contributed by atoms with Crippen molar-refractivity contribution in [3.63, 3.8) is 0 Å². The maximum atomic E-state index is 12.8. The summed E-state index contributed by atoms with van der Waals surface area (Å²) in [4.78, 5) is 15.0. The minimum atomic E-state index is 0.0402. The number of amides is 1. The normalized spacial score (nSPS) is 39.1. The van der Waals surface area contributed by atoms with Gasteiger partial charge >= 0.3 is 0 Å². The molecule has 3 rings (SSSR count). The van der Waals surface area contributed by atoms with Crippen LogP contribution in [0.15, 0.2) is 0 Å². The number of carbonyl (C=O) groups is 1. The van der Waals surface area contributed by atoms with Gasteiger partial charge in [0.25, 0.3) is 0 Å². The van der Waals surface area contributed by atoms with Crippen molar-refractivity contribution < 1.29 is 9.53 Å². The van der Waals surface area contributed by atoms with Crippen LogP contribution in [0, 0.1) is 5.92 Å². The van der Waals surface area contributed by atoms with E-state index in [0.29, 0.717) is 11.8 Å². The first kappa shape index (κ1) is 14.3. The summed E-state index contributed by atoms with van der Waals surface area (Å²) in [6.07, 6.45) is 8.63. The van der Waals surface area contributed by atoms with Crippen molar-refractivity contribution in [2.75, 3.05) is 6.61 Å². The summed E-state index contributed by atoms with van der Waals surface area (Å²) in [6.45, 7) is 5.07. The topological polar surface area (TPSA) is 41.6 Å². The summed E-state index contributed by atoms with van der Waals surface area (Å²) in [5.74, 6) is 0.972. The molecule has 2 saturated heterocycles. The van der Waals surface area contributed by atoms with E-state index in [1.165, 1.54) is 25.7 Å². The summed E-state index contributed by atoms with van der Waals surface area (Å²) in [5.41, 5.74) is 0. The summed E-state index contributed by atoms with van der Waals surface area (Å²) in [5, 5.41) is 3.65. The van der Waals surface area contributed by atoms with E-state index in [4.69, 9.17) is 4.74 Å². The van der Waals surface area contributed by atoms with Gasteiger partial charge in [0, 0.05) is 6.61 Å². The van der Waals surface area contributed by atoms with Gasteiger partial charge in [0.2, 0.25) is 5.91 Å². The number of carbonyl (C=O) groups excluding carboxylic acids is 1. The lowest BCUT2D eigenvalue weighted by Gasteiger charge is -2.35. The van der Waals surface area contributed by atoms with Crippen molar-refractivity contribution in [1.29, 1.82) is 0 Å². The molecule has 1 aliphatic carbocycles. The van der Waals surface area contributed by atoms with Crippen molar-refractivity contribution in [2.45, 2.75) is 83.1 Å². The number of nitrogens with one attached hydrogen (secondary N) is 1. The van der Waals surface area contributed by atoms with Crippen LogP contribution in [0.2, 0.25) is 0 Å². The van der Waals surface area contributed by atoms with Gasteiger partial charge in [0.15, 0.2) is 0 Å². The fourth-order valence-electron chi connectivity index (χ4n) is 4.26. The van der Waals surface area contributed by atoms with E-state index in [9.17, 15) is 4.79 Å². The molecule has 0 aromatic heterocycles. The Labute approximate surface area is 122 Å². The molecule has 0 aromatic rings. The van der Waals surface area contributed by atoms with Gasteiger partial charge in [0.1, 0.15) is 0 Å². The third-order valence-corrected chi connectivity index (χ3v) is 5.34. The van der Waals surface area contributed by atoms with Crippen LogP contribution in [0.4, 0.5) is 0 Å². The van der Waals surface area contributed by atoms with Crippen molar-refractivity contribution in [1.82, 2.24) is 10.2 Å². The zero-order valence-electron chi connectivity index (χ0n) is 12.8. The second-order valence-electron chi connectivity index (χ2n) is 6.67. The van der Waals surface area contributed by atoms with Crippen LogP contribution in [-0.2, 0) is 9.53 Å². The number of ether oxygens (including phenoxy) is 1. The summed E-state index contributed by atoms with van der Waals surface area (Å²) >= 11 is 0. The summed E-state index contributed by atoms with van der Waals surface area (Å²) in [6, 6.07) is 0.320. The monoisotopic (exact) mass is 280 g/mol. The van der Waals surface area contributed by atoms with Crippen molar-refractivity contribution in [3.05, 3.63) is 0 Å². The first-order chi connectivity index (χ1) is 9.72. The highest BCUT2D eigenvalue weighted by molar-refractivity contribution is 5.84. The van der Waals surface area contributed by atoms with Crippen LogP contribution in [0.5, 0.6) is 0 Å². The Bertz CT molecular complexity index is 354. The van der Waals surface area contributed by atoms with Crippen molar-refractivity contribution in [3.8, 4) is 0 Å². The minimum absolute atomic E-state index is 0.0402. The Morgan fingerprint density at radius 1 is 1.30 bits per heavy atom. The van der Waals surface area contributed by atoms with Gasteiger partial charge in [-0.1, -0.05) is 26.2 Å². The lowest BCUT2D eigenvalue weighted by molar-refractivity contribution is -0.134. The average Bonchev–Trinajstić information content (AvgIpc) is 3.12. The third-order valence-electron chi connectivity index (χ3n) is 5.34. The molecule has 4 heteroatoms. The Morgan fingerprint density at radius 3 is 2.65 bits per heavy atom. The predicted molar refractivity (Wildman–Crippen MR) is 78.2 cm³/mol. The molecule has 4 nitrogen and oxygen atoms in total. The molecule has 1 amide bonds. The highest BCUT2D eigenvalue weighted by Gasteiger charge is 2.48. The van der Waals surface area contributed by atoms with E-state index in [2.05, 4.69) is 24.1 Å². The molecule has 2 aliphatic heterocycles. The Hall–Kier alpha value is -0.610. The molecule has 114 valence electrons. The van der Waals surface area contributed by atoms with Gasteiger partial charge in [-0.3, -0.25) is 10.1 Å². The van der Waals surface area contributed by atoms with Crippen LogP contribution in [-0.4, -0.2) is 41.8 Å². The molecule has 0 radical (unpaired) electrons. The quantitative estimate of drug-likeness (QED) is 0.859. The van der Waals surface area contributed by atoms with Crippen LogP contribution in [0.25, 0.3) is 0 Å². The Kier molecular flexibility index (Phi) is 4.32. The fraction of sp³-hybridized carbons (Fsp3) is 0.938. The largest absolute Gasteiger partial charge is 0.376 e. The summed E-state index contributed by atoms with van der Waals surface area (Å²) in [7, 11) is 0. The zero-order chi connectivity index (χ0) is 14.1. The predicted octanol–water partition coefficient (Wildman–Crippen LogP) is 2.28. The van der Waals surface area contributed by atoms with E-state index in [-0.39, 0.29) is 24.4 Å². The lowest BCUT2D eigenvalue weighted by Crippen LogP contribution is -2.50. The first-order valence-corrected chi connectivity index (χ1v) is 8.42. The summed E-state index contributed by atoms with van der Waals surface area (Å²) < 4.78 is 5.71. The molecule has 0 bridgehead atoms. The van der Waals surface area contributed by atoms with Gasteiger partial charge < -0.3 is 9.64 Å². The molecule has 2 heterocycles. The Balaban J connectivity index is 1.79. The SMILES string of the molecule is CCCC1NC(C2CCCC2)N(C2CCOC2C)C1=O. The van der Waals surface area contributed by atoms with E-state index in [1.807, 2.05) is 0 Å². The molecular weight excluding hydrogens is 252 g/mol. The molecule has 0 spiro atoms. The van der Waals surface area contributed by atoms with Gasteiger partial charge in [-0.25, -0.2) is 0 Å². The van der Waals surface area contributed by atoms with Crippen LogP contribution >= 0.6 is 0 Å². The second kappa shape index (κ2) is 6.02. The maximum absolute atomic E-state index is 12.8. The smallest absolute Gasteiger partial charge is 0.241 e. The molecule has 0 aromatic carbocycles. The molecule has 4 atom stereocenters. The van der Waals surface area contributed by atoms with E-state index >= 15 is 0 Å². The molecule has 3 fully saturated rings. The van der Waals surface area contributed by atoms with Gasteiger partial charge in [-0.05, 0) is 38.5 Å². The van der Waals surface area contributed by atoms with E-state index < -0.39 is 0 Å². The Morgan fingerprint density at radius 2 is 2.05 bits per heavy atom. The van der Waals surface area contributed by atoms with Crippen LogP contribution in [0.1, 0.15) is 58.8 Å². The lowest BCUT2D eigenvalue weighted by atomic mass is 10.0. The molecule has 20 heavy (non-hydrogen) atoms.